The van der Waals surface area contributed by atoms with Gasteiger partial charge in [-0.05, 0) is 30.7 Å². The van der Waals surface area contributed by atoms with Gasteiger partial charge < -0.3 is 15.2 Å². The van der Waals surface area contributed by atoms with Gasteiger partial charge in [-0.3, -0.25) is 0 Å². The molecule has 0 aliphatic heterocycles. The largest absolute Gasteiger partial charge is 0.391 e. The van der Waals surface area contributed by atoms with Crippen molar-refractivity contribution in [1.82, 2.24) is 5.32 Å². The molecular weight excluding hydrogens is 209 g/mol. The summed E-state index contributed by atoms with van der Waals surface area (Å²) in [6, 6.07) is 6.47. The fraction of sp³-hybridized carbons (Fsp3) is 0.500. The second kappa shape index (κ2) is 7.33. The van der Waals surface area contributed by atoms with E-state index < -0.39 is 6.10 Å². The van der Waals surface area contributed by atoms with Crippen molar-refractivity contribution >= 4 is 0 Å². The molecule has 16 heavy (non-hydrogen) atoms. The molecule has 0 saturated carbocycles. The van der Waals surface area contributed by atoms with Crippen molar-refractivity contribution < 1.29 is 14.2 Å². The summed E-state index contributed by atoms with van der Waals surface area (Å²) in [5.74, 6) is -0.223. The first kappa shape index (κ1) is 13.1. The zero-order valence-electron chi connectivity index (χ0n) is 9.45. The number of rotatable bonds is 7. The second-order valence-electron chi connectivity index (χ2n) is 3.70. The van der Waals surface area contributed by atoms with E-state index in [9.17, 15) is 9.50 Å². The summed E-state index contributed by atoms with van der Waals surface area (Å²) in [7, 11) is 1.56. The number of hydrogen-bond donors (Lipinski definition) is 2. The minimum atomic E-state index is -0.440. The summed E-state index contributed by atoms with van der Waals surface area (Å²) in [4.78, 5) is 0. The van der Waals surface area contributed by atoms with Crippen LogP contribution in [0.3, 0.4) is 0 Å². The van der Waals surface area contributed by atoms with Crippen LogP contribution in [0.4, 0.5) is 4.39 Å². The number of benzene rings is 1. The summed E-state index contributed by atoms with van der Waals surface area (Å²) in [6.45, 7) is 1.64. The molecule has 1 atom stereocenters. The molecule has 0 aromatic heterocycles. The molecule has 90 valence electrons. The van der Waals surface area contributed by atoms with E-state index >= 15 is 0 Å². The number of halogens is 1. The molecule has 0 heterocycles. The molecule has 3 nitrogen and oxygen atoms in total. The van der Waals surface area contributed by atoms with Crippen molar-refractivity contribution in [2.75, 3.05) is 20.3 Å². The topological polar surface area (TPSA) is 41.5 Å². The Kier molecular flexibility index (Phi) is 6.00. The van der Waals surface area contributed by atoms with Gasteiger partial charge in [0.25, 0.3) is 0 Å². The van der Waals surface area contributed by atoms with E-state index in [-0.39, 0.29) is 5.82 Å². The maximum atomic E-state index is 12.8. The van der Waals surface area contributed by atoms with Crippen molar-refractivity contribution in [3.63, 3.8) is 0 Å². The van der Waals surface area contributed by atoms with Crippen LogP contribution in [0.2, 0.25) is 0 Å². The highest BCUT2D eigenvalue weighted by Crippen LogP contribution is 2.02. The number of methoxy groups -OCH3 is 1. The molecule has 0 fully saturated rings. The first-order chi connectivity index (χ1) is 7.72. The molecule has 2 N–H and O–H groups in total. The van der Waals surface area contributed by atoms with Crippen molar-refractivity contribution in [2.45, 2.75) is 19.1 Å². The van der Waals surface area contributed by atoms with Gasteiger partial charge in [-0.1, -0.05) is 12.1 Å². The van der Waals surface area contributed by atoms with Crippen LogP contribution < -0.4 is 5.32 Å². The maximum absolute atomic E-state index is 12.8. The molecule has 0 saturated heterocycles. The van der Waals surface area contributed by atoms with Gasteiger partial charge in [0.15, 0.2) is 0 Å². The number of ether oxygens (including phenoxy) is 1. The summed E-state index contributed by atoms with van der Waals surface area (Å²) >= 11 is 0. The molecule has 1 aromatic rings. The van der Waals surface area contributed by atoms with Crippen LogP contribution in [-0.2, 0) is 11.3 Å². The first-order valence-electron chi connectivity index (χ1n) is 5.34. The number of aliphatic hydroxyl groups is 1. The first-order valence-corrected chi connectivity index (χ1v) is 5.34. The summed E-state index contributed by atoms with van der Waals surface area (Å²) in [5.41, 5.74) is 0.904. The van der Waals surface area contributed by atoms with Crippen molar-refractivity contribution in [3.8, 4) is 0 Å². The fourth-order valence-corrected chi connectivity index (χ4v) is 1.42. The highest BCUT2D eigenvalue weighted by atomic mass is 19.1. The molecule has 0 aliphatic rings. The van der Waals surface area contributed by atoms with Crippen LogP contribution in [0.25, 0.3) is 0 Å². The van der Waals surface area contributed by atoms with E-state index in [1.54, 1.807) is 13.2 Å². The zero-order valence-corrected chi connectivity index (χ0v) is 9.45. The van der Waals surface area contributed by atoms with Gasteiger partial charge in [-0.25, -0.2) is 4.39 Å². The van der Waals surface area contributed by atoms with E-state index in [1.807, 2.05) is 6.07 Å². The Morgan fingerprint density at radius 2 is 2.31 bits per heavy atom. The average molecular weight is 227 g/mol. The Morgan fingerprint density at radius 1 is 1.50 bits per heavy atom. The SMILES string of the molecule is COCC(O)CCNCc1cccc(F)c1. The van der Waals surface area contributed by atoms with E-state index in [0.717, 1.165) is 5.56 Å². The summed E-state index contributed by atoms with van der Waals surface area (Å²) in [5, 5.41) is 12.5. The molecule has 0 aliphatic carbocycles. The number of nitrogens with one attached hydrogen (secondary N) is 1. The lowest BCUT2D eigenvalue weighted by molar-refractivity contribution is 0.0594. The normalized spacial score (nSPS) is 12.7. The van der Waals surface area contributed by atoms with Crippen molar-refractivity contribution in [3.05, 3.63) is 35.6 Å². The Hall–Kier alpha value is -0.970. The lowest BCUT2D eigenvalue weighted by atomic mass is 10.2. The number of aliphatic hydroxyl groups excluding tert-OH is 1. The van der Waals surface area contributed by atoms with E-state index in [4.69, 9.17) is 4.74 Å². The monoisotopic (exact) mass is 227 g/mol. The van der Waals surface area contributed by atoms with Crippen molar-refractivity contribution in [1.29, 1.82) is 0 Å². The van der Waals surface area contributed by atoms with Crippen molar-refractivity contribution in [2.24, 2.45) is 0 Å². The van der Waals surface area contributed by atoms with Crippen LogP contribution in [0.15, 0.2) is 24.3 Å². The van der Waals surface area contributed by atoms with Gasteiger partial charge in [0, 0.05) is 13.7 Å². The summed E-state index contributed by atoms with van der Waals surface area (Å²) in [6.07, 6.45) is 0.188. The molecule has 4 heteroatoms. The van der Waals surface area contributed by atoms with Crippen LogP contribution in [0.5, 0.6) is 0 Å². The van der Waals surface area contributed by atoms with Gasteiger partial charge >= 0.3 is 0 Å². The molecule has 0 spiro atoms. The zero-order chi connectivity index (χ0) is 11.8. The molecule has 1 unspecified atom stereocenters. The fourth-order valence-electron chi connectivity index (χ4n) is 1.42. The highest BCUT2D eigenvalue weighted by Gasteiger charge is 2.02. The second-order valence-corrected chi connectivity index (χ2v) is 3.70. The number of hydrogen-bond acceptors (Lipinski definition) is 3. The highest BCUT2D eigenvalue weighted by molar-refractivity contribution is 5.15. The minimum absolute atomic E-state index is 0.223. The van der Waals surface area contributed by atoms with E-state index in [1.165, 1.54) is 12.1 Å². The Labute approximate surface area is 95.2 Å². The van der Waals surface area contributed by atoms with Crippen LogP contribution in [0.1, 0.15) is 12.0 Å². The van der Waals surface area contributed by atoms with Gasteiger partial charge in [0.2, 0.25) is 0 Å². The average Bonchev–Trinajstić information content (AvgIpc) is 2.25. The van der Waals surface area contributed by atoms with Crippen LogP contribution in [-0.4, -0.2) is 31.5 Å². The van der Waals surface area contributed by atoms with Gasteiger partial charge in [-0.15, -0.1) is 0 Å². The molecule has 1 rings (SSSR count). The summed E-state index contributed by atoms with van der Waals surface area (Å²) < 4.78 is 17.6. The lowest BCUT2D eigenvalue weighted by Gasteiger charge is -2.10. The predicted molar refractivity (Wildman–Crippen MR) is 60.6 cm³/mol. The quantitative estimate of drug-likeness (QED) is 0.690. The smallest absolute Gasteiger partial charge is 0.123 e. The molecular formula is C12H18FNO2. The maximum Gasteiger partial charge on any atom is 0.123 e. The van der Waals surface area contributed by atoms with Crippen LogP contribution >= 0.6 is 0 Å². The van der Waals surface area contributed by atoms with Crippen LogP contribution in [0, 0.1) is 5.82 Å². The molecule has 0 amide bonds. The molecule has 0 radical (unpaired) electrons. The molecule has 1 aromatic carbocycles. The Balaban J connectivity index is 2.16. The third kappa shape index (κ3) is 5.21. The standard InChI is InChI=1S/C12H18FNO2/c1-16-9-12(15)5-6-14-8-10-3-2-4-11(13)7-10/h2-4,7,12,14-15H,5-6,8-9H2,1H3. The van der Waals surface area contributed by atoms with Gasteiger partial charge in [0.1, 0.15) is 5.82 Å². The van der Waals surface area contributed by atoms with E-state index in [2.05, 4.69) is 5.32 Å². The third-order valence-electron chi connectivity index (χ3n) is 2.23. The predicted octanol–water partition coefficient (Wildman–Crippen LogP) is 1.31. The Morgan fingerprint density at radius 3 is 3.00 bits per heavy atom. The molecule has 0 bridgehead atoms. The van der Waals surface area contributed by atoms with Gasteiger partial charge in [-0.2, -0.15) is 0 Å². The lowest BCUT2D eigenvalue weighted by Crippen LogP contribution is -2.23. The Bertz CT molecular complexity index is 307. The third-order valence-corrected chi connectivity index (χ3v) is 2.23. The van der Waals surface area contributed by atoms with Gasteiger partial charge in [0.05, 0.1) is 12.7 Å². The van der Waals surface area contributed by atoms with E-state index in [0.29, 0.717) is 26.1 Å². The minimum Gasteiger partial charge on any atom is -0.391 e.